The molecule has 4 unspecified atom stereocenters. The van der Waals surface area contributed by atoms with E-state index in [4.69, 9.17) is 33.7 Å². The van der Waals surface area contributed by atoms with Gasteiger partial charge < -0.3 is 10.5 Å². The molecule has 4 atom stereocenters. The third-order valence-electron chi connectivity index (χ3n) is 4.17. The number of rotatable bonds is 3. The SMILES string of the molecule is NC(Cc1cc(Cl)ccc1Cl)C1CC2CCC1O2. The zero-order valence-corrected chi connectivity index (χ0v) is 11.6. The Labute approximate surface area is 117 Å². The van der Waals surface area contributed by atoms with Crippen LogP contribution in [0.15, 0.2) is 18.2 Å². The standard InChI is InChI=1S/C14H17Cl2NO/c15-9-1-3-12(16)8(5-9)6-13(17)11-7-10-2-4-14(11)18-10/h1,3,5,10-11,13-14H,2,4,6-7,17H2. The molecule has 4 heteroatoms. The van der Waals surface area contributed by atoms with E-state index in [1.807, 2.05) is 12.1 Å². The number of hydrogen-bond donors (Lipinski definition) is 1. The zero-order valence-electron chi connectivity index (χ0n) is 10.1. The molecule has 2 fully saturated rings. The van der Waals surface area contributed by atoms with Gasteiger partial charge in [-0.05, 0) is 49.4 Å². The highest BCUT2D eigenvalue weighted by Crippen LogP contribution is 2.40. The largest absolute Gasteiger partial charge is 0.375 e. The Balaban J connectivity index is 1.70. The molecule has 0 aliphatic carbocycles. The van der Waals surface area contributed by atoms with Crippen LogP contribution in [0, 0.1) is 5.92 Å². The van der Waals surface area contributed by atoms with E-state index in [-0.39, 0.29) is 6.04 Å². The van der Waals surface area contributed by atoms with Crippen LogP contribution in [0.3, 0.4) is 0 Å². The molecule has 2 heterocycles. The van der Waals surface area contributed by atoms with E-state index in [9.17, 15) is 0 Å². The maximum atomic E-state index is 6.33. The number of hydrogen-bond acceptors (Lipinski definition) is 2. The first-order valence-corrected chi connectivity index (χ1v) is 7.24. The van der Waals surface area contributed by atoms with Crippen LogP contribution >= 0.6 is 23.2 Å². The fourth-order valence-corrected chi connectivity index (χ4v) is 3.62. The Morgan fingerprint density at radius 2 is 2.17 bits per heavy atom. The first kappa shape index (κ1) is 12.7. The van der Waals surface area contributed by atoms with Gasteiger partial charge in [-0.25, -0.2) is 0 Å². The molecule has 98 valence electrons. The molecule has 1 aromatic carbocycles. The molecular formula is C14H17Cl2NO. The molecule has 0 spiro atoms. The second-order valence-electron chi connectivity index (χ2n) is 5.38. The lowest BCUT2D eigenvalue weighted by atomic mass is 9.82. The summed E-state index contributed by atoms with van der Waals surface area (Å²) < 4.78 is 5.86. The van der Waals surface area contributed by atoms with Gasteiger partial charge in [0.25, 0.3) is 0 Å². The Morgan fingerprint density at radius 3 is 2.83 bits per heavy atom. The van der Waals surface area contributed by atoms with Crippen molar-refractivity contribution in [2.45, 2.75) is 43.9 Å². The van der Waals surface area contributed by atoms with Crippen molar-refractivity contribution >= 4 is 23.2 Å². The first-order chi connectivity index (χ1) is 8.63. The molecule has 2 N–H and O–H groups in total. The van der Waals surface area contributed by atoms with Crippen molar-refractivity contribution in [1.29, 1.82) is 0 Å². The second kappa shape index (κ2) is 5.01. The third kappa shape index (κ3) is 2.39. The smallest absolute Gasteiger partial charge is 0.0623 e. The predicted molar refractivity (Wildman–Crippen MR) is 74.1 cm³/mol. The van der Waals surface area contributed by atoms with E-state index >= 15 is 0 Å². The lowest BCUT2D eigenvalue weighted by Crippen LogP contribution is -2.38. The van der Waals surface area contributed by atoms with Crippen LogP contribution in [-0.2, 0) is 11.2 Å². The number of halogens is 2. The topological polar surface area (TPSA) is 35.2 Å². The van der Waals surface area contributed by atoms with E-state index in [2.05, 4.69) is 0 Å². The summed E-state index contributed by atoms with van der Waals surface area (Å²) in [6, 6.07) is 5.66. The monoisotopic (exact) mass is 285 g/mol. The van der Waals surface area contributed by atoms with Crippen molar-refractivity contribution in [2.75, 3.05) is 0 Å². The van der Waals surface area contributed by atoms with E-state index in [0.717, 1.165) is 29.8 Å². The first-order valence-electron chi connectivity index (χ1n) is 6.48. The van der Waals surface area contributed by atoms with Gasteiger partial charge in [-0.15, -0.1) is 0 Å². The van der Waals surface area contributed by atoms with E-state index in [1.165, 1.54) is 6.42 Å². The average molecular weight is 286 g/mol. The summed E-state index contributed by atoms with van der Waals surface area (Å²) in [5, 5.41) is 1.46. The van der Waals surface area contributed by atoms with Gasteiger partial charge in [0.05, 0.1) is 12.2 Å². The maximum Gasteiger partial charge on any atom is 0.0623 e. The van der Waals surface area contributed by atoms with Crippen LogP contribution < -0.4 is 5.73 Å². The summed E-state index contributed by atoms with van der Waals surface area (Å²) in [5.41, 5.74) is 7.38. The molecule has 3 rings (SSSR count). The molecule has 2 aliphatic rings. The molecule has 0 saturated carbocycles. The Kier molecular flexibility index (Phi) is 3.55. The zero-order chi connectivity index (χ0) is 12.7. The molecule has 2 aliphatic heterocycles. The van der Waals surface area contributed by atoms with Crippen LogP contribution in [0.2, 0.25) is 10.0 Å². The van der Waals surface area contributed by atoms with Gasteiger partial charge in [-0.3, -0.25) is 0 Å². The van der Waals surface area contributed by atoms with Gasteiger partial charge in [0.15, 0.2) is 0 Å². The Hall–Kier alpha value is -0.280. The van der Waals surface area contributed by atoms with Crippen LogP contribution in [0.4, 0.5) is 0 Å². The summed E-state index contributed by atoms with van der Waals surface area (Å²) in [4.78, 5) is 0. The van der Waals surface area contributed by atoms with Gasteiger partial charge in [0.2, 0.25) is 0 Å². The van der Waals surface area contributed by atoms with E-state index < -0.39 is 0 Å². The molecule has 0 radical (unpaired) electrons. The number of ether oxygens (including phenoxy) is 1. The fraction of sp³-hybridized carbons (Fsp3) is 0.571. The van der Waals surface area contributed by atoms with Crippen molar-refractivity contribution in [3.63, 3.8) is 0 Å². The molecule has 2 nitrogen and oxygen atoms in total. The minimum absolute atomic E-state index is 0.108. The highest BCUT2D eigenvalue weighted by atomic mass is 35.5. The average Bonchev–Trinajstić information content (AvgIpc) is 2.96. The highest BCUT2D eigenvalue weighted by molar-refractivity contribution is 6.33. The summed E-state index contributed by atoms with van der Waals surface area (Å²) in [6.07, 6.45) is 5.04. The van der Waals surface area contributed by atoms with Gasteiger partial charge in [0, 0.05) is 22.0 Å². The highest BCUT2D eigenvalue weighted by Gasteiger charge is 2.43. The van der Waals surface area contributed by atoms with Crippen molar-refractivity contribution in [2.24, 2.45) is 11.7 Å². The molecule has 0 amide bonds. The summed E-state index contributed by atoms with van der Waals surface area (Å²) in [5.74, 6) is 0.471. The number of fused-ring (bicyclic) bond motifs is 2. The fourth-order valence-electron chi connectivity index (χ4n) is 3.23. The van der Waals surface area contributed by atoms with E-state index in [1.54, 1.807) is 6.07 Å². The van der Waals surface area contributed by atoms with E-state index in [0.29, 0.717) is 23.1 Å². The minimum atomic E-state index is 0.108. The van der Waals surface area contributed by atoms with Crippen molar-refractivity contribution in [3.8, 4) is 0 Å². The normalized spacial score (nSPS) is 31.8. The molecule has 2 saturated heterocycles. The molecular weight excluding hydrogens is 269 g/mol. The summed E-state index contributed by atoms with van der Waals surface area (Å²) in [6.45, 7) is 0. The summed E-state index contributed by atoms with van der Waals surface area (Å²) >= 11 is 12.2. The van der Waals surface area contributed by atoms with Gasteiger partial charge >= 0.3 is 0 Å². The third-order valence-corrected chi connectivity index (χ3v) is 4.77. The van der Waals surface area contributed by atoms with Crippen LogP contribution in [0.25, 0.3) is 0 Å². The van der Waals surface area contributed by atoms with Crippen molar-refractivity contribution in [3.05, 3.63) is 33.8 Å². The van der Waals surface area contributed by atoms with Crippen molar-refractivity contribution < 1.29 is 4.74 Å². The minimum Gasteiger partial charge on any atom is -0.375 e. The lowest BCUT2D eigenvalue weighted by Gasteiger charge is -2.25. The number of nitrogens with two attached hydrogens (primary N) is 1. The van der Waals surface area contributed by atoms with Crippen LogP contribution in [0.1, 0.15) is 24.8 Å². The van der Waals surface area contributed by atoms with Gasteiger partial charge in [0.1, 0.15) is 0 Å². The van der Waals surface area contributed by atoms with Crippen LogP contribution in [0.5, 0.6) is 0 Å². The molecule has 0 aromatic heterocycles. The Morgan fingerprint density at radius 1 is 1.33 bits per heavy atom. The van der Waals surface area contributed by atoms with Gasteiger partial charge in [-0.2, -0.15) is 0 Å². The van der Waals surface area contributed by atoms with Crippen molar-refractivity contribution in [1.82, 2.24) is 0 Å². The number of benzene rings is 1. The quantitative estimate of drug-likeness (QED) is 0.924. The molecule has 2 bridgehead atoms. The lowest BCUT2D eigenvalue weighted by molar-refractivity contribution is 0.0885. The molecule has 1 aromatic rings. The summed E-state index contributed by atoms with van der Waals surface area (Å²) in [7, 11) is 0. The second-order valence-corrected chi connectivity index (χ2v) is 6.22. The predicted octanol–water partition coefficient (Wildman–Crippen LogP) is 3.43. The van der Waals surface area contributed by atoms with Crippen LogP contribution in [-0.4, -0.2) is 18.2 Å². The Bertz CT molecular complexity index is 451. The molecule has 18 heavy (non-hydrogen) atoms. The maximum absolute atomic E-state index is 6.33. The van der Waals surface area contributed by atoms with Gasteiger partial charge in [-0.1, -0.05) is 23.2 Å².